The third kappa shape index (κ3) is 3.94. The number of carbonyl (C=O) groups is 1. The van der Waals surface area contributed by atoms with Crippen LogP contribution in [0.1, 0.15) is 12.0 Å². The van der Waals surface area contributed by atoms with E-state index in [-0.39, 0.29) is 18.0 Å². The van der Waals surface area contributed by atoms with E-state index in [1.807, 2.05) is 24.3 Å². The van der Waals surface area contributed by atoms with Crippen molar-refractivity contribution in [3.05, 3.63) is 47.2 Å². The minimum absolute atomic E-state index is 0.0580. The number of para-hydroxylation sites is 1. The fourth-order valence-electron chi connectivity index (χ4n) is 2.69. The summed E-state index contributed by atoms with van der Waals surface area (Å²) in [6.07, 6.45) is 3.94. The summed E-state index contributed by atoms with van der Waals surface area (Å²) in [5, 5.41) is 0.461. The first-order valence-electron chi connectivity index (χ1n) is 7.69. The summed E-state index contributed by atoms with van der Waals surface area (Å²) in [5.74, 6) is 0.787. The standard InChI is InChI=1S/C17H18ClN3O3/c1-23-15-5-3-2-4-12(15)8-16(22)21-7-6-14(11-21)24-17-19-9-13(18)10-20-17/h2-5,9-10,14H,6-8,11H2,1H3/t14-/m1/s1. The predicted molar refractivity (Wildman–Crippen MR) is 89.4 cm³/mol. The molecule has 0 unspecified atom stereocenters. The lowest BCUT2D eigenvalue weighted by molar-refractivity contribution is -0.129. The van der Waals surface area contributed by atoms with Crippen LogP contribution in [0.5, 0.6) is 11.8 Å². The molecule has 1 amide bonds. The van der Waals surface area contributed by atoms with E-state index in [1.54, 1.807) is 12.0 Å². The van der Waals surface area contributed by atoms with Crippen molar-refractivity contribution in [3.8, 4) is 11.8 Å². The Kier molecular flexibility index (Phi) is 5.15. The first-order valence-corrected chi connectivity index (χ1v) is 8.07. The number of benzene rings is 1. The second-order valence-electron chi connectivity index (χ2n) is 5.54. The lowest BCUT2D eigenvalue weighted by Crippen LogP contribution is -2.32. The molecule has 1 aliphatic rings. The number of nitrogens with zero attached hydrogens (tertiary/aromatic N) is 3. The Morgan fingerprint density at radius 2 is 2.08 bits per heavy atom. The van der Waals surface area contributed by atoms with Crippen molar-refractivity contribution >= 4 is 17.5 Å². The van der Waals surface area contributed by atoms with Crippen LogP contribution in [0.3, 0.4) is 0 Å². The molecular formula is C17H18ClN3O3. The van der Waals surface area contributed by atoms with Gasteiger partial charge >= 0.3 is 6.01 Å². The van der Waals surface area contributed by atoms with Crippen molar-refractivity contribution in [2.45, 2.75) is 18.9 Å². The molecule has 0 saturated carbocycles. The Morgan fingerprint density at radius 3 is 2.83 bits per heavy atom. The van der Waals surface area contributed by atoms with E-state index in [9.17, 15) is 4.79 Å². The third-order valence-electron chi connectivity index (χ3n) is 3.90. The topological polar surface area (TPSA) is 64.5 Å². The average Bonchev–Trinajstić information content (AvgIpc) is 3.06. The van der Waals surface area contributed by atoms with Crippen LogP contribution < -0.4 is 9.47 Å². The number of hydrogen-bond acceptors (Lipinski definition) is 5. The van der Waals surface area contributed by atoms with Gasteiger partial charge in [-0.3, -0.25) is 4.79 Å². The molecule has 2 heterocycles. The van der Waals surface area contributed by atoms with Crippen molar-refractivity contribution in [3.63, 3.8) is 0 Å². The van der Waals surface area contributed by atoms with E-state index < -0.39 is 0 Å². The van der Waals surface area contributed by atoms with Gasteiger partial charge in [-0.25, -0.2) is 9.97 Å². The maximum atomic E-state index is 12.5. The zero-order valence-electron chi connectivity index (χ0n) is 13.3. The van der Waals surface area contributed by atoms with Crippen LogP contribution in [0, 0.1) is 0 Å². The van der Waals surface area contributed by atoms with E-state index in [2.05, 4.69) is 9.97 Å². The lowest BCUT2D eigenvalue weighted by Gasteiger charge is -2.17. The molecule has 6 nitrogen and oxygen atoms in total. The van der Waals surface area contributed by atoms with Crippen LogP contribution in [0.25, 0.3) is 0 Å². The predicted octanol–water partition coefficient (Wildman–Crippen LogP) is 2.36. The second-order valence-corrected chi connectivity index (χ2v) is 5.98. The Labute approximate surface area is 145 Å². The highest BCUT2D eigenvalue weighted by molar-refractivity contribution is 6.30. The number of aromatic nitrogens is 2. The number of likely N-dealkylation sites (tertiary alicyclic amines) is 1. The third-order valence-corrected chi connectivity index (χ3v) is 4.10. The van der Waals surface area contributed by atoms with Gasteiger partial charge in [0.2, 0.25) is 5.91 Å². The molecule has 2 aromatic rings. The molecule has 0 N–H and O–H groups in total. The number of methoxy groups -OCH3 is 1. The van der Waals surface area contributed by atoms with Crippen LogP contribution in [0.15, 0.2) is 36.7 Å². The largest absolute Gasteiger partial charge is 0.496 e. The first-order chi connectivity index (χ1) is 11.7. The second kappa shape index (κ2) is 7.49. The SMILES string of the molecule is COc1ccccc1CC(=O)N1CC[C@@H](Oc2ncc(Cl)cn2)C1. The van der Waals surface area contributed by atoms with Gasteiger partial charge in [0.15, 0.2) is 0 Å². The van der Waals surface area contributed by atoms with Crippen molar-refractivity contribution < 1.29 is 14.3 Å². The minimum atomic E-state index is -0.104. The number of hydrogen-bond donors (Lipinski definition) is 0. The Bertz CT molecular complexity index is 708. The maximum absolute atomic E-state index is 12.5. The van der Waals surface area contributed by atoms with Gasteiger partial charge in [-0.2, -0.15) is 0 Å². The van der Waals surface area contributed by atoms with Crippen LogP contribution >= 0.6 is 11.6 Å². The smallest absolute Gasteiger partial charge is 0.316 e. The molecule has 1 aromatic carbocycles. The molecular weight excluding hydrogens is 330 g/mol. The molecule has 3 rings (SSSR count). The Balaban J connectivity index is 1.56. The summed E-state index contributed by atoms with van der Waals surface area (Å²) in [5.41, 5.74) is 0.885. The number of halogens is 1. The van der Waals surface area contributed by atoms with Crippen LogP contribution in [0.4, 0.5) is 0 Å². The number of ether oxygens (including phenoxy) is 2. The number of rotatable bonds is 5. The fraction of sp³-hybridized carbons (Fsp3) is 0.353. The highest BCUT2D eigenvalue weighted by atomic mass is 35.5. The van der Waals surface area contributed by atoms with Gasteiger partial charge in [0.25, 0.3) is 0 Å². The van der Waals surface area contributed by atoms with Crippen molar-refractivity contribution in [2.24, 2.45) is 0 Å². The van der Waals surface area contributed by atoms with Gasteiger partial charge in [-0.1, -0.05) is 29.8 Å². The summed E-state index contributed by atoms with van der Waals surface area (Å²) in [6, 6.07) is 7.83. The summed E-state index contributed by atoms with van der Waals surface area (Å²) in [7, 11) is 1.61. The summed E-state index contributed by atoms with van der Waals surface area (Å²) in [6.45, 7) is 1.19. The monoisotopic (exact) mass is 347 g/mol. The van der Waals surface area contributed by atoms with Crippen molar-refractivity contribution in [1.29, 1.82) is 0 Å². The zero-order chi connectivity index (χ0) is 16.9. The fourth-order valence-corrected chi connectivity index (χ4v) is 2.78. The van der Waals surface area contributed by atoms with E-state index in [0.29, 0.717) is 24.5 Å². The molecule has 24 heavy (non-hydrogen) atoms. The summed E-state index contributed by atoms with van der Waals surface area (Å²) < 4.78 is 11.0. The van der Waals surface area contributed by atoms with Crippen LogP contribution in [-0.2, 0) is 11.2 Å². The van der Waals surface area contributed by atoms with Gasteiger partial charge in [0.1, 0.15) is 11.9 Å². The Hall–Kier alpha value is -2.34. The van der Waals surface area contributed by atoms with Gasteiger partial charge in [-0.15, -0.1) is 0 Å². The van der Waals surface area contributed by atoms with Gasteiger partial charge in [-0.05, 0) is 6.07 Å². The highest BCUT2D eigenvalue weighted by Crippen LogP contribution is 2.21. The molecule has 1 fully saturated rings. The molecule has 126 valence electrons. The van der Waals surface area contributed by atoms with E-state index in [1.165, 1.54) is 12.4 Å². The molecule has 1 saturated heterocycles. The van der Waals surface area contributed by atoms with Crippen molar-refractivity contribution in [2.75, 3.05) is 20.2 Å². The summed E-state index contributed by atoms with van der Waals surface area (Å²) in [4.78, 5) is 22.3. The number of amides is 1. The van der Waals surface area contributed by atoms with Crippen LogP contribution in [-0.4, -0.2) is 47.1 Å². The van der Waals surface area contributed by atoms with Gasteiger partial charge in [0, 0.05) is 18.5 Å². The highest BCUT2D eigenvalue weighted by Gasteiger charge is 2.28. The quantitative estimate of drug-likeness (QED) is 0.830. The Morgan fingerprint density at radius 1 is 1.33 bits per heavy atom. The molecule has 1 aliphatic heterocycles. The van der Waals surface area contributed by atoms with E-state index in [0.717, 1.165) is 17.7 Å². The zero-order valence-corrected chi connectivity index (χ0v) is 14.1. The molecule has 0 aliphatic carbocycles. The van der Waals surface area contributed by atoms with Gasteiger partial charge < -0.3 is 14.4 Å². The molecule has 0 radical (unpaired) electrons. The van der Waals surface area contributed by atoms with E-state index in [4.69, 9.17) is 21.1 Å². The van der Waals surface area contributed by atoms with Crippen molar-refractivity contribution in [1.82, 2.24) is 14.9 Å². The lowest BCUT2D eigenvalue weighted by atomic mass is 10.1. The molecule has 7 heteroatoms. The summed E-state index contributed by atoms with van der Waals surface area (Å²) >= 11 is 5.75. The molecule has 1 aromatic heterocycles. The van der Waals surface area contributed by atoms with E-state index >= 15 is 0 Å². The minimum Gasteiger partial charge on any atom is -0.496 e. The van der Waals surface area contributed by atoms with Gasteiger partial charge in [0.05, 0.1) is 37.5 Å². The normalized spacial score (nSPS) is 16.9. The van der Waals surface area contributed by atoms with Crippen LogP contribution in [0.2, 0.25) is 5.02 Å². The average molecular weight is 348 g/mol. The molecule has 1 atom stereocenters. The maximum Gasteiger partial charge on any atom is 0.316 e. The molecule has 0 bridgehead atoms. The number of carbonyl (C=O) groups excluding carboxylic acids is 1. The first kappa shape index (κ1) is 16.5. The molecule has 0 spiro atoms.